The number of nitrogens with one attached hydrogen (secondary N) is 2. The predicted molar refractivity (Wildman–Crippen MR) is 129 cm³/mol. The van der Waals surface area contributed by atoms with Crippen LogP contribution in [0.1, 0.15) is 43.4 Å². The molecule has 0 spiro atoms. The molecule has 0 bridgehead atoms. The molecule has 8 heteroatoms. The zero-order valence-electron chi connectivity index (χ0n) is 18.6. The van der Waals surface area contributed by atoms with Crippen molar-refractivity contribution in [1.82, 2.24) is 9.88 Å². The fraction of sp³-hybridized carbons (Fsp3) is 0.625. The van der Waals surface area contributed by atoms with Crippen LogP contribution in [0.5, 0.6) is 0 Å². The molecule has 174 valence electrons. The van der Waals surface area contributed by atoms with Gasteiger partial charge in [-0.25, -0.2) is 8.78 Å². The van der Waals surface area contributed by atoms with Gasteiger partial charge in [0.2, 0.25) is 5.92 Å². The average molecular weight is 463 g/mol. The standard InChI is InChI=1S/C24H32F2N4OS/c1-16-12-17-14-21(23-28-19(15-32-23)4-7-30-8-10-31-11-9-30)29-22(17)20(13-16)27-18-2-5-24(25,26)6-3-18/h12-14,18-19,27,29H,2-11,15H2,1H3/t19-/m0/s1. The fourth-order valence-electron chi connectivity index (χ4n) is 4.89. The van der Waals surface area contributed by atoms with Gasteiger partial charge in [-0.3, -0.25) is 9.89 Å². The van der Waals surface area contributed by atoms with E-state index in [2.05, 4.69) is 40.3 Å². The van der Waals surface area contributed by atoms with E-state index >= 15 is 0 Å². The van der Waals surface area contributed by atoms with Gasteiger partial charge in [0.15, 0.2) is 0 Å². The van der Waals surface area contributed by atoms with E-state index < -0.39 is 5.92 Å². The Morgan fingerprint density at radius 3 is 2.78 bits per heavy atom. The summed E-state index contributed by atoms with van der Waals surface area (Å²) in [6.07, 6.45) is 2.02. The molecule has 1 aromatic heterocycles. The Hall–Kier alpha value is -1.64. The smallest absolute Gasteiger partial charge is 0.248 e. The number of aliphatic imine (C=N–C) groups is 1. The maximum absolute atomic E-state index is 13.5. The molecule has 5 rings (SSSR count). The Kier molecular flexibility index (Phi) is 6.45. The molecule has 2 aliphatic heterocycles. The Morgan fingerprint density at radius 1 is 1.22 bits per heavy atom. The molecule has 1 aromatic carbocycles. The fourth-order valence-corrected chi connectivity index (χ4v) is 5.98. The monoisotopic (exact) mass is 462 g/mol. The summed E-state index contributed by atoms with van der Waals surface area (Å²) in [5.74, 6) is -1.48. The molecule has 3 aliphatic rings. The molecule has 0 radical (unpaired) electrons. The molecule has 2 aromatic rings. The third kappa shape index (κ3) is 5.13. The third-order valence-electron chi connectivity index (χ3n) is 6.77. The van der Waals surface area contributed by atoms with Gasteiger partial charge in [-0.15, -0.1) is 11.8 Å². The molecule has 32 heavy (non-hydrogen) atoms. The SMILES string of the molecule is Cc1cc(NC2CCC(F)(F)CC2)c2[nH]c(C3=N[C@@H](CCN4CCOCC4)CS3)cc2c1. The van der Waals surface area contributed by atoms with Crippen molar-refractivity contribution in [3.8, 4) is 0 Å². The van der Waals surface area contributed by atoms with Crippen molar-refractivity contribution in [2.75, 3.05) is 43.9 Å². The van der Waals surface area contributed by atoms with E-state index in [9.17, 15) is 8.78 Å². The lowest BCUT2D eigenvalue weighted by molar-refractivity contribution is -0.0360. The summed E-state index contributed by atoms with van der Waals surface area (Å²) in [7, 11) is 0. The minimum absolute atomic E-state index is 0.0328. The summed E-state index contributed by atoms with van der Waals surface area (Å²) < 4.78 is 32.5. The minimum Gasteiger partial charge on any atom is -0.381 e. The Bertz CT molecular complexity index is 976. The van der Waals surface area contributed by atoms with E-state index in [1.165, 1.54) is 0 Å². The number of aromatic nitrogens is 1. The van der Waals surface area contributed by atoms with Crippen molar-refractivity contribution < 1.29 is 13.5 Å². The summed E-state index contributed by atoms with van der Waals surface area (Å²) in [4.78, 5) is 11.0. The van der Waals surface area contributed by atoms with Gasteiger partial charge in [0.1, 0.15) is 5.04 Å². The highest BCUT2D eigenvalue weighted by atomic mass is 32.2. The van der Waals surface area contributed by atoms with Crippen LogP contribution in [-0.4, -0.2) is 71.5 Å². The quantitative estimate of drug-likeness (QED) is 0.631. The van der Waals surface area contributed by atoms with Gasteiger partial charge in [0.25, 0.3) is 0 Å². The van der Waals surface area contributed by atoms with Gasteiger partial charge in [-0.2, -0.15) is 0 Å². The summed E-state index contributed by atoms with van der Waals surface area (Å²) in [5, 5.41) is 5.76. The number of halogens is 2. The number of benzene rings is 1. The van der Waals surface area contributed by atoms with E-state index in [1.807, 2.05) is 11.8 Å². The lowest BCUT2D eigenvalue weighted by Gasteiger charge is -2.29. The third-order valence-corrected chi connectivity index (χ3v) is 7.92. The summed E-state index contributed by atoms with van der Waals surface area (Å²) in [5.41, 5.74) is 4.27. The second kappa shape index (κ2) is 9.31. The zero-order chi connectivity index (χ0) is 22.1. The van der Waals surface area contributed by atoms with Crippen LogP contribution in [0.25, 0.3) is 10.9 Å². The van der Waals surface area contributed by atoms with Crippen LogP contribution < -0.4 is 5.32 Å². The number of aromatic amines is 1. The van der Waals surface area contributed by atoms with Crippen molar-refractivity contribution in [2.24, 2.45) is 4.99 Å². The summed E-state index contributed by atoms with van der Waals surface area (Å²) in [6.45, 7) is 6.87. The molecule has 1 atom stereocenters. The number of alkyl halides is 2. The lowest BCUT2D eigenvalue weighted by atomic mass is 9.92. The molecule has 2 fully saturated rings. The number of aryl methyl sites for hydroxylation is 1. The second-order valence-corrected chi connectivity index (χ2v) is 10.4. The van der Waals surface area contributed by atoms with Gasteiger partial charge < -0.3 is 15.0 Å². The summed E-state index contributed by atoms with van der Waals surface area (Å²) in [6, 6.07) is 6.91. The largest absolute Gasteiger partial charge is 0.381 e. The second-order valence-electron chi connectivity index (χ2n) is 9.38. The minimum atomic E-state index is -2.50. The molecular formula is C24H32F2N4OS. The van der Waals surface area contributed by atoms with Crippen LogP contribution in [0.15, 0.2) is 23.2 Å². The van der Waals surface area contributed by atoms with Crippen molar-refractivity contribution in [3.63, 3.8) is 0 Å². The van der Waals surface area contributed by atoms with Crippen molar-refractivity contribution >= 4 is 33.4 Å². The van der Waals surface area contributed by atoms with Crippen LogP contribution in [-0.2, 0) is 4.74 Å². The zero-order valence-corrected chi connectivity index (χ0v) is 19.4. The maximum Gasteiger partial charge on any atom is 0.248 e. The van der Waals surface area contributed by atoms with E-state index in [0.29, 0.717) is 18.9 Å². The van der Waals surface area contributed by atoms with Crippen LogP contribution in [0.3, 0.4) is 0 Å². The number of fused-ring (bicyclic) bond motifs is 1. The van der Waals surface area contributed by atoms with Crippen LogP contribution in [0.2, 0.25) is 0 Å². The number of hydrogen-bond donors (Lipinski definition) is 2. The highest BCUT2D eigenvalue weighted by Gasteiger charge is 2.35. The molecular weight excluding hydrogens is 430 g/mol. The lowest BCUT2D eigenvalue weighted by Crippen LogP contribution is -2.37. The number of ether oxygens (including phenoxy) is 1. The molecule has 5 nitrogen and oxygen atoms in total. The van der Waals surface area contributed by atoms with Crippen LogP contribution in [0, 0.1) is 6.92 Å². The molecule has 2 N–H and O–H groups in total. The van der Waals surface area contributed by atoms with Crippen molar-refractivity contribution in [2.45, 2.75) is 57.0 Å². The van der Waals surface area contributed by atoms with E-state index in [-0.39, 0.29) is 18.9 Å². The molecule has 3 heterocycles. The van der Waals surface area contributed by atoms with Crippen LogP contribution in [0.4, 0.5) is 14.5 Å². The molecule has 0 unspecified atom stereocenters. The first-order chi connectivity index (χ1) is 15.4. The predicted octanol–water partition coefficient (Wildman–Crippen LogP) is 5.05. The highest BCUT2D eigenvalue weighted by Crippen LogP contribution is 2.36. The number of thioether (sulfide) groups is 1. The van der Waals surface area contributed by atoms with Gasteiger partial charge in [-0.1, -0.05) is 0 Å². The number of rotatable bonds is 6. The number of anilines is 1. The summed E-state index contributed by atoms with van der Waals surface area (Å²) >= 11 is 1.82. The number of H-pyrrole nitrogens is 1. The normalized spacial score (nSPS) is 24.7. The number of nitrogens with zero attached hydrogens (tertiary/aromatic N) is 2. The van der Waals surface area contributed by atoms with Gasteiger partial charge in [0, 0.05) is 49.7 Å². The van der Waals surface area contributed by atoms with E-state index in [0.717, 1.165) is 77.9 Å². The molecule has 1 saturated carbocycles. The van der Waals surface area contributed by atoms with Gasteiger partial charge in [0.05, 0.1) is 36.2 Å². The maximum atomic E-state index is 13.5. The first-order valence-electron chi connectivity index (χ1n) is 11.7. The number of hydrogen-bond acceptors (Lipinski definition) is 5. The topological polar surface area (TPSA) is 52.7 Å². The molecule has 1 aliphatic carbocycles. The first-order valence-corrected chi connectivity index (χ1v) is 12.7. The van der Waals surface area contributed by atoms with Crippen molar-refractivity contribution in [3.05, 3.63) is 29.5 Å². The van der Waals surface area contributed by atoms with E-state index in [1.54, 1.807) is 0 Å². The van der Waals surface area contributed by atoms with E-state index in [4.69, 9.17) is 9.73 Å². The molecule has 0 amide bonds. The molecule has 1 saturated heterocycles. The van der Waals surface area contributed by atoms with Gasteiger partial charge in [-0.05, 0) is 49.9 Å². The Labute approximate surface area is 192 Å². The average Bonchev–Trinajstić information content (AvgIpc) is 3.41. The van der Waals surface area contributed by atoms with Gasteiger partial charge >= 0.3 is 0 Å². The van der Waals surface area contributed by atoms with Crippen LogP contribution >= 0.6 is 11.8 Å². The Morgan fingerprint density at radius 2 is 2.00 bits per heavy atom. The highest BCUT2D eigenvalue weighted by molar-refractivity contribution is 8.14. The number of morpholine rings is 1. The first kappa shape index (κ1) is 22.2. The Balaban J connectivity index is 1.28. The van der Waals surface area contributed by atoms with Crippen molar-refractivity contribution in [1.29, 1.82) is 0 Å².